The molecule has 1 heterocycles. The second-order valence-electron chi connectivity index (χ2n) is 4.54. The van der Waals surface area contributed by atoms with Crippen molar-refractivity contribution >= 4 is 12.2 Å². The molecule has 1 amide bonds. The van der Waals surface area contributed by atoms with E-state index < -0.39 is 5.82 Å². The summed E-state index contributed by atoms with van der Waals surface area (Å²) in [5, 5.41) is 0. The van der Waals surface area contributed by atoms with Crippen LogP contribution in [0.2, 0.25) is 0 Å². The van der Waals surface area contributed by atoms with E-state index in [0.717, 1.165) is 38.4 Å². The molecule has 1 aliphatic heterocycles. The maximum absolute atomic E-state index is 13.5. The molecule has 5 heteroatoms. The second-order valence-corrected chi connectivity index (χ2v) is 4.54. The van der Waals surface area contributed by atoms with Crippen molar-refractivity contribution in [2.45, 2.75) is 19.3 Å². The normalized spacial score (nSPS) is 15.1. The Bertz CT molecular complexity index is 470. The van der Waals surface area contributed by atoms with Crippen molar-refractivity contribution in [3.05, 3.63) is 29.6 Å². The molecule has 0 radical (unpaired) electrons. The Morgan fingerprint density at radius 3 is 2.68 bits per heavy atom. The fourth-order valence-electron chi connectivity index (χ4n) is 2.08. The van der Waals surface area contributed by atoms with Crippen LogP contribution < -0.4 is 4.74 Å². The first kappa shape index (κ1) is 13.5. The first-order valence-corrected chi connectivity index (χ1v) is 6.36. The number of amides is 1. The van der Waals surface area contributed by atoms with E-state index in [9.17, 15) is 14.0 Å². The number of hydrogen-bond donors (Lipinski definition) is 0. The lowest BCUT2D eigenvalue weighted by molar-refractivity contribution is -0.134. The van der Waals surface area contributed by atoms with Gasteiger partial charge in [0.05, 0.1) is 0 Å². The van der Waals surface area contributed by atoms with Crippen molar-refractivity contribution in [2.75, 3.05) is 19.7 Å². The Balaban J connectivity index is 1.91. The molecule has 0 atom stereocenters. The molecule has 19 heavy (non-hydrogen) atoms. The van der Waals surface area contributed by atoms with E-state index in [-0.39, 0.29) is 23.8 Å². The van der Waals surface area contributed by atoms with Crippen molar-refractivity contribution in [3.63, 3.8) is 0 Å². The zero-order valence-electron chi connectivity index (χ0n) is 10.6. The molecule has 102 valence electrons. The van der Waals surface area contributed by atoms with Crippen LogP contribution in [0.1, 0.15) is 29.6 Å². The standard InChI is InChI=1S/C14H16FNO3/c15-12-8-11(9-17)4-5-13(12)19-10-14(18)16-6-2-1-3-7-16/h4-5,8-9H,1-3,6-7,10H2. The molecule has 0 aliphatic carbocycles. The molecule has 1 fully saturated rings. The van der Waals surface area contributed by atoms with Crippen molar-refractivity contribution in [1.29, 1.82) is 0 Å². The van der Waals surface area contributed by atoms with E-state index in [1.54, 1.807) is 4.90 Å². The van der Waals surface area contributed by atoms with Gasteiger partial charge in [0.15, 0.2) is 18.2 Å². The number of benzene rings is 1. The van der Waals surface area contributed by atoms with Crippen molar-refractivity contribution < 1.29 is 18.7 Å². The van der Waals surface area contributed by atoms with Crippen LogP contribution in [-0.4, -0.2) is 36.8 Å². The minimum atomic E-state index is -0.629. The zero-order valence-corrected chi connectivity index (χ0v) is 10.6. The van der Waals surface area contributed by atoms with Crippen LogP contribution in [0.15, 0.2) is 18.2 Å². The van der Waals surface area contributed by atoms with E-state index >= 15 is 0 Å². The minimum Gasteiger partial charge on any atom is -0.481 e. The van der Waals surface area contributed by atoms with Gasteiger partial charge >= 0.3 is 0 Å². The first-order valence-electron chi connectivity index (χ1n) is 6.36. The highest BCUT2D eigenvalue weighted by Gasteiger charge is 2.17. The highest BCUT2D eigenvalue weighted by molar-refractivity contribution is 5.78. The monoisotopic (exact) mass is 265 g/mol. The number of rotatable bonds is 4. The molecule has 0 N–H and O–H groups in total. The second kappa shape index (κ2) is 6.31. The van der Waals surface area contributed by atoms with Gasteiger partial charge in [0.25, 0.3) is 5.91 Å². The summed E-state index contributed by atoms with van der Waals surface area (Å²) in [4.78, 5) is 24.0. The van der Waals surface area contributed by atoms with Gasteiger partial charge in [0.2, 0.25) is 0 Å². The van der Waals surface area contributed by atoms with Gasteiger partial charge in [-0.25, -0.2) is 4.39 Å². The van der Waals surface area contributed by atoms with Crippen molar-refractivity contribution in [1.82, 2.24) is 4.90 Å². The number of nitrogens with zero attached hydrogens (tertiary/aromatic N) is 1. The Morgan fingerprint density at radius 2 is 2.05 bits per heavy atom. The summed E-state index contributed by atoms with van der Waals surface area (Å²) >= 11 is 0. The maximum atomic E-state index is 13.5. The van der Waals surface area contributed by atoms with Gasteiger partial charge in [-0.3, -0.25) is 9.59 Å². The third-order valence-corrected chi connectivity index (χ3v) is 3.15. The Labute approximate surface area is 111 Å². The summed E-state index contributed by atoms with van der Waals surface area (Å²) in [5.74, 6) is -0.759. The highest BCUT2D eigenvalue weighted by atomic mass is 19.1. The van der Waals surface area contributed by atoms with Gasteiger partial charge in [-0.2, -0.15) is 0 Å². The largest absolute Gasteiger partial charge is 0.481 e. The maximum Gasteiger partial charge on any atom is 0.260 e. The Morgan fingerprint density at radius 1 is 1.32 bits per heavy atom. The third kappa shape index (κ3) is 3.53. The molecular weight excluding hydrogens is 249 g/mol. The topological polar surface area (TPSA) is 46.6 Å². The molecule has 1 saturated heterocycles. The quantitative estimate of drug-likeness (QED) is 0.782. The minimum absolute atomic E-state index is 0.00374. The van der Waals surface area contributed by atoms with Gasteiger partial charge in [0.1, 0.15) is 6.29 Å². The molecular formula is C14H16FNO3. The van der Waals surface area contributed by atoms with Gasteiger partial charge in [-0.05, 0) is 37.5 Å². The predicted molar refractivity (Wildman–Crippen MR) is 67.7 cm³/mol. The van der Waals surface area contributed by atoms with E-state index in [2.05, 4.69) is 0 Å². The smallest absolute Gasteiger partial charge is 0.260 e. The van der Waals surface area contributed by atoms with Crippen LogP contribution in [0.3, 0.4) is 0 Å². The third-order valence-electron chi connectivity index (χ3n) is 3.15. The summed E-state index contributed by atoms with van der Waals surface area (Å²) in [6.45, 7) is 1.32. The van der Waals surface area contributed by atoms with Crippen LogP contribution in [-0.2, 0) is 4.79 Å². The van der Waals surface area contributed by atoms with Gasteiger partial charge < -0.3 is 9.64 Å². The lowest BCUT2D eigenvalue weighted by Crippen LogP contribution is -2.38. The molecule has 1 aliphatic rings. The number of piperidine rings is 1. The lowest BCUT2D eigenvalue weighted by Gasteiger charge is -2.26. The fraction of sp³-hybridized carbons (Fsp3) is 0.429. The Kier molecular flexibility index (Phi) is 4.49. The predicted octanol–water partition coefficient (Wildman–Crippen LogP) is 2.03. The van der Waals surface area contributed by atoms with Crippen LogP contribution in [0.4, 0.5) is 4.39 Å². The number of likely N-dealkylation sites (tertiary alicyclic amines) is 1. The van der Waals surface area contributed by atoms with E-state index in [1.807, 2.05) is 0 Å². The molecule has 0 bridgehead atoms. The average molecular weight is 265 g/mol. The molecule has 0 aromatic heterocycles. The van der Waals surface area contributed by atoms with Crippen LogP contribution >= 0.6 is 0 Å². The molecule has 2 rings (SSSR count). The number of aldehydes is 1. The van der Waals surface area contributed by atoms with E-state index in [4.69, 9.17) is 4.74 Å². The number of carbonyl (C=O) groups excluding carboxylic acids is 2. The summed E-state index contributed by atoms with van der Waals surface area (Å²) in [6.07, 6.45) is 3.72. The average Bonchev–Trinajstić information content (AvgIpc) is 2.46. The summed E-state index contributed by atoms with van der Waals surface area (Å²) in [5.41, 5.74) is 0.243. The molecule has 1 aromatic rings. The van der Waals surface area contributed by atoms with E-state index in [0.29, 0.717) is 6.29 Å². The Hall–Kier alpha value is -1.91. The van der Waals surface area contributed by atoms with Gasteiger partial charge in [0, 0.05) is 18.7 Å². The van der Waals surface area contributed by atoms with Crippen molar-refractivity contribution in [3.8, 4) is 5.75 Å². The van der Waals surface area contributed by atoms with Crippen molar-refractivity contribution in [2.24, 2.45) is 0 Å². The SMILES string of the molecule is O=Cc1ccc(OCC(=O)N2CCCCC2)c(F)c1. The lowest BCUT2D eigenvalue weighted by atomic mass is 10.1. The zero-order chi connectivity index (χ0) is 13.7. The number of carbonyl (C=O) groups is 2. The number of hydrogen-bond acceptors (Lipinski definition) is 3. The summed E-state index contributed by atoms with van der Waals surface area (Å²) in [6, 6.07) is 3.91. The van der Waals surface area contributed by atoms with Crippen LogP contribution in [0.5, 0.6) is 5.75 Å². The molecule has 1 aromatic carbocycles. The summed E-state index contributed by atoms with van der Waals surface area (Å²) in [7, 11) is 0. The molecule has 0 spiro atoms. The van der Waals surface area contributed by atoms with Crippen LogP contribution in [0, 0.1) is 5.82 Å². The summed E-state index contributed by atoms with van der Waals surface area (Å²) < 4.78 is 18.7. The first-order chi connectivity index (χ1) is 9.20. The van der Waals surface area contributed by atoms with Gasteiger partial charge in [-0.15, -0.1) is 0 Å². The molecule has 4 nitrogen and oxygen atoms in total. The molecule has 0 saturated carbocycles. The fourth-order valence-corrected chi connectivity index (χ4v) is 2.08. The van der Waals surface area contributed by atoms with Crippen LogP contribution in [0.25, 0.3) is 0 Å². The highest BCUT2D eigenvalue weighted by Crippen LogP contribution is 2.18. The number of halogens is 1. The van der Waals surface area contributed by atoms with E-state index in [1.165, 1.54) is 12.1 Å². The number of ether oxygens (including phenoxy) is 1. The molecule has 0 unspecified atom stereocenters. The van der Waals surface area contributed by atoms with Gasteiger partial charge in [-0.1, -0.05) is 0 Å².